The van der Waals surface area contributed by atoms with Crippen LogP contribution in [0.2, 0.25) is 0 Å². The molecule has 0 unspecified atom stereocenters. The number of aryl methyl sites for hydroxylation is 1. The van der Waals surface area contributed by atoms with Crippen LogP contribution in [0, 0.1) is 0 Å². The summed E-state index contributed by atoms with van der Waals surface area (Å²) >= 11 is 0. The first-order chi connectivity index (χ1) is 13.2. The van der Waals surface area contributed by atoms with Crippen LogP contribution in [0.25, 0.3) is 6.08 Å². The Hall–Kier alpha value is -2.43. The van der Waals surface area contributed by atoms with E-state index in [9.17, 15) is 4.79 Å². The molecule has 2 aromatic carbocycles. The highest BCUT2D eigenvalue weighted by Gasteiger charge is 2.24. The molecule has 2 aromatic rings. The molecule has 1 aliphatic heterocycles. The van der Waals surface area contributed by atoms with Gasteiger partial charge in [0.2, 0.25) is 0 Å². The van der Waals surface area contributed by atoms with Gasteiger partial charge in [0.05, 0.1) is 6.54 Å². The fourth-order valence-corrected chi connectivity index (χ4v) is 3.64. The van der Waals surface area contributed by atoms with E-state index in [2.05, 4.69) is 54.7 Å². The van der Waals surface area contributed by atoms with E-state index in [1.807, 2.05) is 24.3 Å². The number of carbonyl (C=O) groups excluding carboxylic acids is 1. The Balaban J connectivity index is 1.40. The van der Waals surface area contributed by atoms with Gasteiger partial charge in [-0.1, -0.05) is 61.5 Å². The predicted octanol–water partition coefficient (Wildman–Crippen LogP) is 0.684. The number of hydrogen-bond acceptors (Lipinski definition) is 1. The summed E-state index contributed by atoms with van der Waals surface area (Å²) in [6, 6.07) is 18.5. The van der Waals surface area contributed by atoms with Crippen LogP contribution in [-0.4, -0.2) is 45.2 Å². The van der Waals surface area contributed by atoms with E-state index in [4.69, 9.17) is 0 Å². The third-order valence-corrected chi connectivity index (χ3v) is 5.26. The Morgan fingerprint density at radius 1 is 0.963 bits per heavy atom. The SMILES string of the molecule is CCc1ccccc1NC(=O)C[NH+]1CC[NH+](C/C=C/c2ccccc2)CC1. The molecule has 3 rings (SSSR count). The molecule has 0 aromatic heterocycles. The molecule has 0 aliphatic carbocycles. The first-order valence-corrected chi connectivity index (χ1v) is 10.0. The summed E-state index contributed by atoms with van der Waals surface area (Å²) < 4.78 is 0. The van der Waals surface area contributed by atoms with Crippen molar-refractivity contribution in [2.24, 2.45) is 0 Å². The van der Waals surface area contributed by atoms with Crippen LogP contribution in [-0.2, 0) is 11.2 Å². The molecule has 4 heteroatoms. The van der Waals surface area contributed by atoms with Crippen molar-refractivity contribution in [2.45, 2.75) is 13.3 Å². The maximum absolute atomic E-state index is 12.4. The summed E-state index contributed by atoms with van der Waals surface area (Å²) in [7, 11) is 0. The van der Waals surface area contributed by atoms with Crippen molar-refractivity contribution in [3.05, 3.63) is 71.8 Å². The lowest BCUT2D eigenvalue weighted by atomic mass is 10.1. The first-order valence-electron chi connectivity index (χ1n) is 10.0. The zero-order valence-corrected chi connectivity index (χ0v) is 16.2. The van der Waals surface area contributed by atoms with Gasteiger partial charge in [0, 0.05) is 5.69 Å². The van der Waals surface area contributed by atoms with E-state index in [-0.39, 0.29) is 5.91 Å². The number of hydrogen-bond donors (Lipinski definition) is 3. The van der Waals surface area contributed by atoms with Gasteiger partial charge in [-0.3, -0.25) is 4.79 Å². The molecular formula is C23H31N3O+2. The molecule has 3 N–H and O–H groups in total. The molecule has 4 nitrogen and oxygen atoms in total. The lowest BCUT2D eigenvalue weighted by Crippen LogP contribution is -3.28. The fraction of sp³-hybridized carbons (Fsp3) is 0.348. The third-order valence-electron chi connectivity index (χ3n) is 5.26. The van der Waals surface area contributed by atoms with Crippen molar-refractivity contribution in [1.82, 2.24) is 0 Å². The van der Waals surface area contributed by atoms with Gasteiger partial charge in [0.15, 0.2) is 6.54 Å². The molecule has 0 radical (unpaired) electrons. The van der Waals surface area contributed by atoms with E-state index in [0.29, 0.717) is 6.54 Å². The molecule has 142 valence electrons. The van der Waals surface area contributed by atoms with Crippen LogP contribution in [0.15, 0.2) is 60.7 Å². The second-order valence-corrected chi connectivity index (χ2v) is 7.25. The number of quaternary nitrogens is 2. The van der Waals surface area contributed by atoms with Crippen LogP contribution in [0.3, 0.4) is 0 Å². The Kier molecular flexibility index (Phi) is 7.19. The zero-order valence-electron chi connectivity index (χ0n) is 16.2. The largest absolute Gasteiger partial charge is 0.322 e. The molecule has 1 aliphatic rings. The summed E-state index contributed by atoms with van der Waals surface area (Å²) in [5.41, 5.74) is 3.41. The Bertz CT molecular complexity index is 749. The van der Waals surface area contributed by atoms with E-state index in [0.717, 1.165) is 44.8 Å². The quantitative estimate of drug-likeness (QED) is 0.664. The van der Waals surface area contributed by atoms with Crippen LogP contribution < -0.4 is 15.1 Å². The van der Waals surface area contributed by atoms with Crippen molar-refractivity contribution >= 4 is 17.7 Å². The smallest absolute Gasteiger partial charge is 0.279 e. The fourth-order valence-electron chi connectivity index (χ4n) is 3.64. The highest BCUT2D eigenvalue weighted by molar-refractivity contribution is 5.92. The number of amides is 1. The van der Waals surface area contributed by atoms with Crippen molar-refractivity contribution in [3.63, 3.8) is 0 Å². The molecule has 0 atom stereocenters. The van der Waals surface area contributed by atoms with Gasteiger partial charge in [0.1, 0.15) is 26.2 Å². The summed E-state index contributed by atoms with van der Waals surface area (Å²) in [5.74, 6) is 0.123. The number of benzene rings is 2. The predicted molar refractivity (Wildman–Crippen MR) is 111 cm³/mol. The second-order valence-electron chi connectivity index (χ2n) is 7.25. The molecule has 1 amide bonds. The van der Waals surface area contributed by atoms with Crippen LogP contribution in [0.5, 0.6) is 0 Å². The summed E-state index contributed by atoms with van der Waals surface area (Å²) in [5, 5.41) is 3.09. The first kappa shape index (κ1) is 19.3. The van der Waals surface area contributed by atoms with E-state index >= 15 is 0 Å². The molecule has 0 spiro atoms. The number of rotatable bonds is 7. The number of piperazine rings is 1. The molecule has 0 bridgehead atoms. The lowest BCUT2D eigenvalue weighted by molar-refractivity contribution is -1.01. The second kappa shape index (κ2) is 10.0. The number of anilines is 1. The minimum absolute atomic E-state index is 0.123. The Morgan fingerprint density at radius 3 is 2.37 bits per heavy atom. The minimum atomic E-state index is 0.123. The molecule has 27 heavy (non-hydrogen) atoms. The maximum atomic E-state index is 12.4. The monoisotopic (exact) mass is 365 g/mol. The maximum Gasteiger partial charge on any atom is 0.279 e. The van der Waals surface area contributed by atoms with E-state index in [1.165, 1.54) is 16.0 Å². The summed E-state index contributed by atoms with van der Waals surface area (Å²) in [4.78, 5) is 15.4. The van der Waals surface area contributed by atoms with Gasteiger partial charge < -0.3 is 15.1 Å². The molecule has 1 heterocycles. The zero-order chi connectivity index (χ0) is 18.9. The van der Waals surface area contributed by atoms with Crippen LogP contribution >= 0.6 is 0 Å². The summed E-state index contributed by atoms with van der Waals surface area (Å²) in [6.45, 7) is 8.07. The molecule has 1 fully saturated rings. The number of para-hydroxylation sites is 1. The van der Waals surface area contributed by atoms with Gasteiger partial charge in [-0.15, -0.1) is 0 Å². The average Bonchev–Trinajstić information content (AvgIpc) is 2.70. The third kappa shape index (κ3) is 6.05. The van der Waals surface area contributed by atoms with Crippen molar-refractivity contribution in [2.75, 3.05) is 44.6 Å². The van der Waals surface area contributed by atoms with Crippen LogP contribution in [0.4, 0.5) is 5.69 Å². The van der Waals surface area contributed by atoms with Gasteiger partial charge in [0.25, 0.3) is 5.91 Å². The van der Waals surface area contributed by atoms with Gasteiger partial charge in [-0.25, -0.2) is 0 Å². The number of nitrogens with one attached hydrogen (secondary N) is 3. The molecule has 0 saturated carbocycles. The number of carbonyl (C=O) groups is 1. The molecule has 1 saturated heterocycles. The van der Waals surface area contributed by atoms with Gasteiger partial charge in [-0.2, -0.15) is 0 Å². The van der Waals surface area contributed by atoms with Crippen molar-refractivity contribution in [3.8, 4) is 0 Å². The average molecular weight is 366 g/mol. The molecular weight excluding hydrogens is 334 g/mol. The Labute approximate surface area is 162 Å². The van der Waals surface area contributed by atoms with Crippen molar-refractivity contribution < 1.29 is 14.6 Å². The van der Waals surface area contributed by atoms with Gasteiger partial charge >= 0.3 is 0 Å². The lowest BCUT2D eigenvalue weighted by Gasteiger charge is -2.28. The van der Waals surface area contributed by atoms with Gasteiger partial charge in [-0.05, 0) is 29.7 Å². The summed E-state index contributed by atoms with van der Waals surface area (Å²) in [6.07, 6.45) is 5.40. The van der Waals surface area contributed by atoms with Crippen LogP contribution in [0.1, 0.15) is 18.1 Å². The van der Waals surface area contributed by atoms with Crippen molar-refractivity contribution in [1.29, 1.82) is 0 Å². The normalized spacial score (nSPS) is 19.9. The topological polar surface area (TPSA) is 38.0 Å². The van der Waals surface area contributed by atoms with E-state index < -0.39 is 0 Å². The highest BCUT2D eigenvalue weighted by atomic mass is 16.2. The minimum Gasteiger partial charge on any atom is -0.322 e. The van der Waals surface area contributed by atoms with E-state index in [1.54, 1.807) is 4.90 Å². The Morgan fingerprint density at radius 2 is 1.63 bits per heavy atom. The highest BCUT2D eigenvalue weighted by Crippen LogP contribution is 2.14. The standard InChI is InChI=1S/C23H29N3O/c1-2-21-12-6-7-13-22(21)24-23(27)19-26-17-15-25(16-18-26)14-8-11-20-9-4-3-5-10-20/h3-13H,2,14-19H2,1H3,(H,24,27)/p+2/b11-8+.